The zero-order valence-corrected chi connectivity index (χ0v) is 16.5. The van der Waals surface area contributed by atoms with Gasteiger partial charge in [0, 0.05) is 11.6 Å². The lowest BCUT2D eigenvalue weighted by Gasteiger charge is -2.13. The lowest BCUT2D eigenvalue weighted by molar-refractivity contribution is 0.298. The molecule has 4 rings (SSSR count). The molecule has 0 N–H and O–H groups in total. The van der Waals surface area contributed by atoms with Crippen molar-refractivity contribution < 1.29 is 9.47 Å². The topological polar surface area (TPSA) is 36.3 Å². The highest BCUT2D eigenvalue weighted by Crippen LogP contribution is 2.28. The molecular weight excluding hydrogens is 348 g/mol. The molecule has 0 saturated heterocycles. The largest absolute Gasteiger partial charge is 0.497 e. The van der Waals surface area contributed by atoms with E-state index in [1.807, 2.05) is 30.3 Å². The predicted molar refractivity (Wildman–Crippen MR) is 113 cm³/mol. The number of imidazole rings is 1. The Kier molecular flexibility index (Phi) is 5.02. The minimum absolute atomic E-state index is 0.547. The number of nitrogens with zero attached hydrogens (tertiary/aromatic N) is 2. The van der Waals surface area contributed by atoms with Gasteiger partial charge in [0.15, 0.2) is 0 Å². The van der Waals surface area contributed by atoms with Gasteiger partial charge in [-0.15, -0.1) is 0 Å². The molecule has 0 unspecified atom stereocenters. The Morgan fingerprint density at radius 3 is 2.54 bits per heavy atom. The van der Waals surface area contributed by atoms with Gasteiger partial charge in [-0.1, -0.05) is 42.0 Å². The van der Waals surface area contributed by atoms with Crippen molar-refractivity contribution in [3.8, 4) is 22.9 Å². The van der Waals surface area contributed by atoms with E-state index < -0.39 is 0 Å². The highest BCUT2D eigenvalue weighted by atomic mass is 16.5. The fourth-order valence-corrected chi connectivity index (χ4v) is 3.52. The monoisotopic (exact) mass is 372 g/mol. The van der Waals surface area contributed by atoms with E-state index in [1.54, 1.807) is 7.11 Å². The summed E-state index contributed by atoms with van der Waals surface area (Å²) >= 11 is 0. The van der Waals surface area contributed by atoms with Gasteiger partial charge in [0.05, 0.1) is 24.7 Å². The summed E-state index contributed by atoms with van der Waals surface area (Å²) in [6, 6.07) is 22.4. The molecule has 142 valence electrons. The van der Waals surface area contributed by atoms with Crippen LogP contribution >= 0.6 is 0 Å². The number of rotatable bonds is 6. The van der Waals surface area contributed by atoms with E-state index in [1.165, 1.54) is 11.1 Å². The maximum absolute atomic E-state index is 5.98. The van der Waals surface area contributed by atoms with Crippen molar-refractivity contribution in [3.05, 3.63) is 77.9 Å². The quantitative estimate of drug-likeness (QED) is 0.454. The van der Waals surface area contributed by atoms with Crippen molar-refractivity contribution in [1.82, 2.24) is 9.55 Å². The standard InChI is InChI=1S/C24H24N2O2/c1-17-11-12-21(18(2)15-17)24-25-22-9-4-5-10-23(22)26(24)13-14-28-20-8-6-7-19(16-20)27-3/h4-12,15-16H,13-14H2,1-3H3. The SMILES string of the molecule is COc1cccc(OCCn2c(-c3ccc(C)cc3C)nc3ccccc32)c1. The smallest absolute Gasteiger partial charge is 0.141 e. The first kappa shape index (κ1) is 18.1. The molecule has 28 heavy (non-hydrogen) atoms. The summed E-state index contributed by atoms with van der Waals surface area (Å²) in [4.78, 5) is 4.91. The van der Waals surface area contributed by atoms with E-state index in [0.29, 0.717) is 13.2 Å². The Morgan fingerprint density at radius 1 is 0.893 bits per heavy atom. The molecule has 0 spiro atoms. The van der Waals surface area contributed by atoms with E-state index in [4.69, 9.17) is 14.5 Å². The van der Waals surface area contributed by atoms with Gasteiger partial charge in [-0.2, -0.15) is 0 Å². The van der Waals surface area contributed by atoms with Gasteiger partial charge >= 0.3 is 0 Å². The average Bonchev–Trinajstić information content (AvgIpc) is 3.06. The van der Waals surface area contributed by atoms with Crippen molar-refractivity contribution in [2.45, 2.75) is 20.4 Å². The van der Waals surface area contributed by atoms with E-state index in [2.05, 4.69) is 54.8 Å². The number of ether oxygens (including phenoxy) is 2. The Labute approximate surface area is 165 Å². The minimum Gasteiger partial charge on any atom is -0.497 e. The second kappa shape index (κ2) is 7.77. The summed E-state index contributed by atoms with van der Waals surface area (Å²) in [5.74, 6) is 2.58. The maximum atomic E-state index is 5.98. The molecule has 0 saturated carbocycles. The third-order valence-corrected chi connectivity index (χ3v) is 4.90. The van der Waals surface area contributed by atoms with Crippen LogP contribution in [0.15, 0.2) is 66.7 Å². The van der Waals surface area contributed by atoms with E-state index >= 15 is 0 Å². The van der Waals surface area contributed by atoms with Gasteiger partial charge in [0.25, 0.3) is 0 Å². The van der Waals surface area contributed by atoms with Gasteiger partial charge in [-0.05, 0) is 43.7 Å². The predicted octanol–water partition coefficient (Wildman–Crippen LogP) is 5.41. The van der Waals surface area contributed by atoms with Gasteiger partial charge in [0.1, 0.15) is 23.9 Å². The molecule has 0 aliphatic heterocycles. The van der Waals surface area contributed by atoms with Crippen LogP contribution in [0.3, 0.4) is 0 Å². The van der Waals surface area contributed by atoms with Gasteiger partial charge < -0.3 is 14.0 Å². The Morgan fingerprint density at radius 2 is 1.71 bits per heavy atom. The summed E-state index contributed by atoms with van der Waals surface area (Å²) in [5, 5.41) is 0. The summed E-state index contributed by atoms with van der Waals surface area (Å²) in [6.45, 7) is 5.51. The Bertz CT molecular complexity index is 1110. The zero-order valence-electron chi connectivity index (χ0n) is 16.5. The molecule has 3 aromatic carbocycles. The van der Waals surface area contributed by atoms with Crippen LogP contribution in [-0.4, -0.2) is 23.3 Å². The lowest BCUT2D eigenvalue weighted by Crippen LogP contribution is -2.10. The van der Waals surface area contributed by atoms with Crippen LogP contribution in [0.5, 0.6) is 11.5 Å². The number of aryl methyl sites for hydroxylation is 2. The van der Waals surface area contributed by atoms with Crippen LogP contribution < -0.4 is 9.47 Å². The molecule has 0 aliphatic rings. The molecule has 1 heterocycles. The molecule has 0 bridgehead atoms. The number of methoxy groups -OCH3 is 1. The van der Waals surface area contributed by atoms with Gasteiger partial charge in [-0.3, -0.25) is 0 Å². The second-order valence-electron chi connectivity index (χ2n) is 6.92. The van der Waals surface area contributed by atoms with Crippen LogP contribution in [0, 0.1) is 13.8 Å². The molecule has 4 aromatic rings. The molecule has 0 radical (unpaired) electrons. The zero-order chi connectivity index (χ0) is 19.5. The van der Waals surface area contributed by atoms with Crippen molar-refractivity contribution >= 4 is 11.0 Å². The molecule has 4 heteroatoms. The van der Waals surface area contributed by atoms with Crippen molar-refractivity contribution in [1.29, 1.82) is 0 Å². The first-order valence-corrected chi connectivity index (χ1v) is 9.45. The Hall–Kier alpha value is -3.27. The molecule has 0 atom stereocenters. The lowest BCUT2D eigenvalue weighted by atomic mass is 10.1. The maximum Gasteiger partial charge on any atom is 0.141 e. The number of fused-ring (bicyclic) bond motifs is 1. The highest BCUT2D eigenvalue weighted by molar-refractivity contribution is 5.81. The Balaban J connectivity index is 1.65. The van der Waals surface area contributed by atoms with Crippen LogP contribution in [0.2, 0.25) is 0 Å². The number of hydrogen-bond donors (Lipinski definition) is 0. The summed E-state index contributed by atoms with van der Waals surface area (Å²) < 4.78 is 13.5. The summed E-state index contributed by atoms with van der Waals surface area (Å²) in [5.41, 5.74) is 5.75. The normalized spacial score (nSPS) is 11.0. The molecular formula is C24H24N2O2. The number of benzene rings is 3. The average molecular weight is 372 g/mol. The van der Waals surface area contributed by atoms with Gasteiger partial charge in [-0.25, -0.2) is 4.98 Å². The fraction of sp³-hybridized carbons (Fsp3) is 0.208. The fourth-order valence-electron chi connectivity index (χ4n) is 3.52. The van der Waals surface area contributed by atoms with Gasteiger partial charge in [0.2, 0.25) is 0 Å². The highest BCUT2D eigenvalue weighted by Gasteiger charge is 2.14. The van der Waals surface area contributed by atoms with Crippen LogP contribution in [0.25, 0.3) is 22.4 Å². The first-order chi connectivity index (χ1) is 13.7. The molecule has 0 aliphatic carbocycles. The van der Waals surface area contributed by atoms with E-state index in [-0.39, 0.29) is 0 Å². The van der Waals surface area contributed by atoms with Crippen molar-refractivity contribution in [2.24, 2.45) is 0 Å². The minimum atomic E-state index is 0.547. The van der Waals surface area contributed by atoms with Crippen molar-refractivity contribution in [3.63, 3.8) is 0 Å². The van der Waals surface area contributed by atoms with Crippen LogP contribution in [0.1, 0.15) is 11.1 Å². The van der Waals surface area contributed by atoms with E-state index in [0.717, 1.165) is 33.9 Å². The van der Waals surface area contributed by atoms with Crippen molar-refractivity contribution in [2.75, 3.05) is 13.7 Å². The molecule has 4 nitrogen and oxygen atoms in total. The third-order valence-electron chi connectivity index (χ3n) is 4.90. The molecule has 0 fully saturated rings. The number of aromatic nitrogens is 2. The first-order valence-electron chi connectivity index (χ1n) is 9.45. The number of para-hydroxylation sites is 2. The second-order valence-corrected chi connectivity index (χ2v) is 6.92. The molecule has 0 amide bonds. The number of hydrogen-bond acceptors (Lipinski definition) is 3. The molecule has 1 aromatic heterocycles. The van der Waals surface area contributed by atoms with Crippen LogP contribution in [-0.2, 0) is 6.54 Å². The third kappa shape index (κ3) is 3.58. The summed E-state index contributed by atoms with van der Waals surface area (Å²) in [6.07, 6.45) is 0. The van der Waals surface area contributed by atoms with Crippen LogP contribution in [0.4, 0.5) is 0 Å². The summed E-state index contributed by atoms with van der Waals surface area (Å²) in [7, 11) is 1.66. The van der Waals surface area contributed by atoms with E-state index in [9.17, 15) is 0 Å².